The Morgan fingerprint density at radius 3 is 2.50 bits per heavy atom. The largest absolute Gasteiger partial charge is 0.497 e. The van der Waals surface area contributed by atoms with E-state index in [1.807, 2.05) is 26.0 Å². The lowest BCUT2D eigenvalue weighted by atomic mass is 10.1. The number of hydrogen-bond acceptors (Lipinski definition) is 3. The molecule has 1 atom stereocenters. The second-order valence-corrected chi connectivity index (χ2v) is 7.97. The topological polar surface area (TPSA) is 58.6 Å². The molecular weight excluding hydrogens is 407 g/mol. The number of carbonyl (C=O) groups is 2. The lowest BCUT2D eigenvalue weighted by Gasteiger charge is -2.29. The highest BCUT2D eigenvalue weighted by molar-refractivity contribution is 6.31. The van der Waals surface area contributed by atoms with E-state index in [0.29, 0.717) is 12.3 Å². The van der Waals surface area contributed by atoms with E-state index in [1.54, 1.807) is 32.2 Å². The number of ether oxygens (including phenoxy) is 1. The first-order chi connectivity index (χ1) is 14.2. The molecular formula is C23H28ClFN2O3. The van der Waals surface area contributed by atoms with Gasteiger partial charge in [0.1, 0.15) is 17.6 Å². The minimum Gasteiger partial charge on any atom is -0.497 e. The lowest BCUT2D eigenvalue weighted by Crippen LogP contribution is -2.48. The summed E-state index contributed by atoms with van der Waals surface area (Å²) in [7, 11) is 1.56. The average molecular weight is 435 g/mol. The molecule has 5 nitrogen and oxygen atoms in total. The third-order valence-corrected chi connectivity index (χ3v) is 5.08. The summed E-state index contributed by atoms with van der Waals surface area (Å²) in [4.78, 5) is 27.3. The van der Waals surface area contributed by atoms with Crippen molar-refractivity contribution in [2.24, 2.45) is 5.92 Å². The van der Waals surface area contributed by atoms with Crippen molar-refractivity contribution in [3.05, 3.63) is 64.4 Å². The van der Waals surface area contributed by atoms with Gasteiger partial charge in [0.2, 0.25) is 11.8 Å². The van der Waals surface area contributed by atoms with Crippen molar-refractivity contribution in [2.75, 3.05) is 13.7 Å². The molecule has 0 saturated carbocycles. The summed E-state index contributed by atoms with van der Waals surface area (Å²) in [6.07, 6.45) is -0.239. The third kappa shape index (κ3) is 6.46. The Morgan fingerprint density at radius 1 is 1.17 bits per heavy atom. The van der Waals surface area contributed by atoms with Gasteiger partial charge < -0.3 is 15.0 Å². The van der Waals surface area contributed by atoms with Crippen molar-refractivity contribution < 1.29 is 18.7 Å². The zero-order valence-corrected chi connectivity index (χ0v) is 18.5. The predicted molar refractivity (Wildman–Crippen MR) is 116 cm³/mol. The molecule has 2 rings (SSSR count). The number of nitrogens with one attached hydrogen (secondary N) is 1. The van der Waals surface area contributed by atoms with Gasteiger partial charge in [0.25, 0.3) is 0 Å². The highest BCUT2D eigenvalue weighted by Gasteiger charge is 2.27. The molecule has 0 aliphatic carbocycles. The van der Waals surface area contributed by atoms with Crippen LogP contribution in [0.25, 0.3) is 0 Å². The number of benzene rings is 2. The molecule has 30 heavy (non-hydrogen) atoms. The van der Waals surface area contributed by atoms with Crippen LogP contribution in [0.2, 0.25) is 5.02 Å². The van der Waals surface area contributed by atoms with Gasteiger partial charge in [0, 0.05) is 23.7 Å². The number of rotatable bonds is 9. The molecule has 1 N–H and O–H groups in total. The fourth-order valence-electron chi connectivity index (χ4n) is 2.96. The van der Waals surface area contributed by atoms with E-state index in [4.69, 9.17) is 16.3 Å². The van der Waals surface area contributed by atoms with Gasteiger partial charge in [0.15, 0.2) is 0 Å². The van der Waals surface area contributed by atoms with E-state index in [0.717, 1.165) is 5.56 Å². The van der Waals surface area contributed by atoms with Crippen molar-refractivity contribution in [2.45, 2.75) is 39.8 Å². The van der Waals surface area contributed by atoms with E-state index < -0.39 is 17.8 Å². The summed E-state index contributed by atoms with van der Waals surface area (Å²) in [6, 6.07) is 10.8. The van der Waals surface area contributed by atoms with Crippen LogP contribution in [0.1, 0.15) is 31.9 Å². The Balaban J connectivity index is 2.29. The van der Waals surface area contributed by atoms with Gasteiger partial charge in [-0.05, 0) is 42.7 Å². The second-order valence-electron chi connectivity index (χ2n) is 7.57. The van der Waals surface area contributed by atoms with E-state index in [2.05, 4.69) is 5.32 Å². The number of methoxy groups -OCH3 is 1. The first kappa shape index (κ1) is 23.7. The van der Waals surface area contributed by atoms with Crippen molar-refractivity contribution in [3.8, 4) is 5.75 Å². The Labute approximate surface area is 182 Å². The molecule has 2 aromatic carbocycles. The molecule has 0 radical (unpaired) electrons. The SMILES string of the molecule is COc1cccc(CN(C(=O)Cc2c(F)cccc2Cl)[C@H](C)C(=O)NCC(C)C)c1. The normalized spacial score (nSPS) is 11.8. The van der Waals surface area contributed by atoms with Crippen LogP contribution in [0.5, 0.6) is 5.75 Å². The smallest absolute Gasteiger partial charge is 0.242 e. The maximum absolute atomic E-state index is 14.2. The van der Waals surface area contributed by atoms with Crippen LogP contribution in [0.3, 0.4) is 0 Å². The minimum absolute atomic E-state index is 0.120. The fraction of sp³-hybridized carbons (Fsp3) is 0.391. The van der Waals surface area contributed by atoms with Crippen LogP contribution in [0, 0.1) is 11.7 Å². The number of halogens is 2. The monoisotopic (exact) mass is 434 g/mol. The highest BCUT2D eigenvalue weighted by atomic mass is 35.5. The summed E-state index contributed by atoms with van der Waals surface area (Å²) in [5.41, 5.74) is 0.917. The Kier molecular flexibility index (Phi) is 8.66. The van der Waals surface area contributed by atoms with Gasteiger partial charge >= 0.3 is 0 Å². The zero-order valence-electron chi connectivity index (χ0n) is 17.7. The number of nitrogens with zero attached hydrogens (tertiary/aromatic N) is 1. The summed E-state index contributed by atoms with van der Waals surface area (Å²) in [5.74, 6) is -0.277. The second kappa shape index (κ2) is 11.0. The van der Waals surface area contributed by atoms with Gasteiger partial charge in [-0.3, -0.25) is 9.59 Å². The predicted octanol–water partition coefficient (Wildman–Crippen LogP) is 4.22. The Bertz CT molecular complexity index is 868. The Hall–Kier alpha value is -2.60. The summed E-state index contributed by atoms with van der Waals surface area (Å²) >= 11 is 6.10. The van der Waals surface area contributed by atoms with Crippen LogP contribution >= 0.6 is 11.6 Å². The summed E-state index contributed by atoms with van der Waals surface area (Å²) in [6.45, 7) is 6.33. The first-order valence-electron chi connectivity index (χ1n) is 9.86. The van der Waals surface area contributed by atoms with Crippen LogP contribution < -0.4 is 10.1 Å². The van der Waals surface area contributed by atoms with E-state index in [9.17, 15) is 14.0 Å². The molecule has 0 aliphatic rings. The molecule has 0 unspecified atom stereocenters. The molecule has 2 amide bonds. The van der Waals surface area contributed by atoms with Gasteiger partial charge in [-0.1, -0.05) is 43.6 Å². The quantitative estimate of drug-likeness (QED) is 0.642. The average Bonchev–Trinajstić information content (AvgIpc) is 2.72. The van der Waals surface area contributed by atoms with Crippen LogP contribution in [0.4, 0.5) is 4.39 Å². The lowest BCUT2D eigenvalue weighted by molar-refractivity contribution is -0.140. The van der Waals surface area contributed by atoms with E-state index >= 15 is 0 Å². The standard InChI is InChI=1S/C23H28ClFN2O3/c1-15(2)13-26-23(29)16(3)27(14-17-7-5-8-18(11-17)30-4)22(28)12-19-20(24)9-6-10-21(19)25/h5-11,15-16H,12-14H2,1-4H3,(H,26,29)/t16-/m1/s1. The van der Waals surface area contributed by atoms with Gasteiger partial charge in [0.05, 0.1) is 13.5 Å². The van der Waals surface area contributed by atoms with Crippen LogP contribution in [0.15, 0.2) is 42.5 Å². The van der Waals surface area contributed by atoms with Crippen molar-refractivity contribution in [1.29, 1.82) is 0 Å². The maximum Gasteiger partial charge on any atom is 0.242 e. The zero-order chi connectivity index (χ0) is 22.3. The third-order valence-electron chi connectivity index (χ3n) is 4.73. The molecule has 0 spiro atoms. The Morgan fingerprint density at radius 2 is 1.87 bits per heavy atom. The molecule has 0 aromatic heterocycles. The summed E-state index contributed by atoms with van der Waals surface area (Å²) in [5, 5.41) is 3.04. The number of hydrogen-bond donors (Lipinski definition) is 1. The van der Waals surface area contributed by atoms with Crippen molar-refractivity contribution >= 4 is 23.4 Å². The first-order valence-corrected chi connectivity index (χ1v) is 10.2. The number of amides is 2. The van der Waals surface area contributed by atoms with E-state index in [-0.39, 0.29) is 35.4 Å². The molecule has 2 aromatic rings. The van der Waals surface area contributed by atoms with Gasteiger partial charge in [-0.2, -0.15) is 0 Å². The minimum atomic E-state index is -0.743. The van der Waals surface area contributed by atoms with Gasteiger partial charge in [-0.25, -0.2) is 4.39 Å². The van der Waals surface area contributed by atoms with Gasteiger partial charge in [-0.15, -0.1) is 0 Å². The highest BCUT2D eigenvalue weighted by Crippen LogP contribution is 2.22. The molecule has 7 heteroatoms. The van der Waals surface area contributed by atoms with Crippen molar-refractivity contribution in [1.82, 2.24) is 10.2 Å². The van der Waals surface area contributed by atoms with Crippen LogP contribution in [-0.2, 0) is 22.6 Å². The molecule has 0 heterocycles. The fourth-order valence-corrected chi connectivity index (χ4v) is 3.19. The maximum atomic E-state index is 14.2. The van der Waals surface area contributed by atoms with E-state index in [1.165, 1.54) is 17.0 Å². The molecule has 0 saturated heterocycles. The summed E-state index contributed by atoms with van der Waals surface area (Å²) < 4.78 is 19.5. The molecule has 162 valence electrons. The van der Waals surface area contributed by atoms with Crippen molar-refractivity contribution in [3.63, 3.8) is 0 Å². The molecule has 0 aliphatic heterocycles. The van der Waals surface area contributed by atoms with Crippen LogP contribution in [-0.4, -0.2) is 36.4 Å². The molecule has 0 bridgehead atoms. The molecule has 0 fully saturated rings. The number of carbonyl (C=O) groups excluding carboxylic acids is 2.